The van der Waals surface area contributed by atoms with Gasteiger partial charge in [-0.15, -0.1) is 0 Å². The molecule has 1 saturated heterocycles. The average molecular weight is 513 g/mol. The number of rotatable bonds is 5. The summed E-state index contributed by atoms with van der Waals surface area (Å²) in [6.07, 6.45) is 6.35. The second-order valence-corrected chi connectivity index (χ2v) is 11.6. The number of ether oxygens (including phenoxy) is 1. The Morgan fingerprint density at radius 1 is 1.40 bits per heavy atom. The Bertz CT molecular complexity index is 1270. The van der Waals surface area contributed by atoms with Gasteiger partial charge in [0, 0.05) is 32.2 Å². The number of likely N-dealkylation sites (tertiary alicyclic amines) is 1. The molecular weight excluding hydrogens is 487 g/mol. The number of carbonyl (C=O) groups excluding carboxylic acids is 1. The van der Waals surface area contributed by atoms with Gasteiger partial charge in [-0.2, -0.15) is 0 Å². The lowest BCUT2D eigenvalue weighted by Gasteiger charge is -2.45. The largest absolute Gasteiger partial charge is 0.383 e. The average Bonchev–Trinajstić information content (AvgIpc) is 3.40. The van der Waals surface area contributed by atoms with Crippen molar-refractivity contribution < 1.29 is 13.9 Å². The van der Waals surface area contributed by atoms with E-state index < -0.39 is 16.1 Å². The summed E-state index contributed by atoms with van der Waals surface area (Å²) in [4.78, 5) is 24.7. The molecule has 35 heavy (non-hydrogen) atoms. The van der Waals surface area contributed by atoms with Crippen molar-refractivity contribution >= 4 is 46.3 Å². The molecule has 2 aromatic rings. The molecule has 2 fully saturated rings. The third-order valence-corrected chi connectivity index (χ3v) is 9.28. The number of hydrogen-bond donors (Lipinski definition) is 1. The molecule has 4 aliphatic rings. The smallest absolute Gasteiger partial charge is 0.240 e. The maximum Gasteiger partial charge on any atom is 0.240 e. The van der Waals surface area contributed by atoms with Crippen molar-refractivity contribution in [3.63, 3.8) is 0 Å². The first-order valence-electron chi connectivity index (χ1n) is 11.8. The summed E-state index contributed by atoms with van der Waals surface area (Å²) in [5.74, 6) is -0.196. The van der Waals surface area contributed by atoms with Crippen LogP contribution >= 0.6 is 23.4 Å². The van der Waals surface area contributed by atoms with Gasteiger partial charge in [0.05, 0.1) is 28.9 Å². The van der Waals surface area contributed by atoms with Gasteiger partial charge in [0.25, 0.3) is 0 Å². The van der Waals surface area contributed by atoms with Crippen LogP contribution in [0.25, 0.3) is 11.9 Å². The zero-order chi connectivity index (χ0) is 24.4. The van der Waals surface area contributed by atoms with Crippen molar-refractivity contribution in [2.45, 2.75) is 42.0 Å². The fourth-order valence-electron chi connectivity index (χ4n) is 6.06. The van der Waals surface area contributed by atoms with Gasteiger partial charge in [-0.25, -0.2) is 4.39 Å². The molecule has 0 radical (unpaired) electrons. The highest BCUT2D eigenvalue weighted by atomic mass is 35.5. The zero-order valence-electron chi connectivity index (χ0n) is 19.3. The first kappa shape index (κ1) is 23.0. The van der Waals surface area contributed by atoms with Crippen LogP contribution in [0.5, 0.6) is 0 Å². The molecular formula is C26H26ClFN4O2S. The number of nitrogens with two attached hydrogens (primary N) is 1. The quantitative estimate of drug-likeness (QED) is 0.641. The van der Waals surface area contributed by atoms with E-state index in [1.54, 1.807) is 19.2 Å². The zero-order valence-corrected chi connectivity index (χ0v) is 20.9. The molecule has 3 heterocycles. The minimum absolute atomic E-state index is 0.0816. The number of fused-ring (bicyclic) bond motifs is 4. The summed E-state index contributed by atoms with van der Waals surface area (Å²) in [6, 6.07) is 9.19. The number of aromatic nitrogens is 1. The second-order valence-electron chi connectivity index (χ2n) is 9.82. The monoisotopic (exact) mass is 512 g/mol. The van der Waals surface area contributed by atoms with Crippen LogP contribution in [0.4, 0.5) is 4.39 Å². The molecule has 6 nitrogen and oxygen atoms in total. The number of nitrogens with zero attached hydrogens (tertiary/aromatic N) is 3. The molecule has 9 heteroatoms. The van der Waals surface area contributed by atoms with Crippen LogP contribution in [0.2, 0.25) is 5.02 Å². The molecule has 1 amide bonds. The fraction of sp³-hybridized carbons (Fsp3) is 0.423. The van der Waals surface area contributed by atoms with Crippen LogP contribution in [0.1, 0.15) is 41.6 Å². The number of pyridine rings is 1. The van der Waals surface area contributed by atoms with E-state index in [0.29, 0.717) is 16.8 Å². The maximum absolute atomic E-state index is 14.9. The van der Waals surface area contributed by atoms with E-state index in [1.165, 1.54) is 29.6 Å². The molecule has 1 spiro atoms. The topological polar surface area (TPSA) is 80.8 Å². The summed E-state index contributed by atoms with van der Waals surface area (Å²) < 4.78 is 19.7. The lowest BCUT2D eigenvalue weighted by molar-refractivity contribution is -0.133. The predicted molar refractivity (Wildman–Crippen MR) is 137 cm³/mol. The number of amides is 1. The number of hydrogen-bond acceptors (Lipinski definition) is 6. The van der Waals surface area contributed by atoms with Crippen molar-refractivity contribution in [3.05, 3.63) is 63.9 Å². The predicted octanol–water partition coefficient (Wildman–Crippen LogP) is 4.41. The molecule has 0 bridgehead atoms. The minimum atomic E-state index is -0.565. The van der Waals surface area contributed by atoms with Crippen LogP contribution in [-0.4, -0.2) is 52.0 Å². The molecule has 2 aliphatic heterocycles. The van der Waals surface area contributed by atoms with Gasteiger partial charge < -0.3 is 15.4 Å². The number of methoxy groups -OCH3 is 1. The first-order valence-corrected chi connectivity index (χ1v) is 13.0. The lowest BCUT2D eigenvalue weighted by atomic mass is 9.66. The summed E-state index contributed by atoms with van der Waals surface area (Å²) in [6.45, 7) is 1.31. The highest BCUT2D eigenvalue weighted by Crippen LogP contribution is 2.70. The number of carbonyl (C=O) groups is 1. The molecule has 6 rings (SSSR count). The van der Waals surface area contributed by atoms with Crippen molar-refractivity contribution in [3.8, 4) is 0 Å². The van der Waals surface area contributed by atoms with E-state index in [9.17, 15) is 9.18 Å². The van der Waals surface area contributed by atoms with Crippen molar-refractivity contribution in [1.29, 1.82) is 0 Å². The first-order chi connectivity index (χ1) is 16.9. The van der Waals surface area contributed by atoms with Gasteiger partial charge in [0.2, 0.25) is 5.91 Å². The molecule has 1 saturated carbocycles. The highest BCUT2D eigenvalue weighted by Gasteiger charge is 2.74. The summed E-state index contributed by atoms with van der Waals surface area (Å²) >= 11 is 7.29. The van der Waals surface area contributed by atoms with Gasteiger partial charge in [0.15, 0.2) is 5.17 Å². The minimum Gasteiger partial charge on any atom is -0.383 e. The Hall–Kier alpha value is -2.42. The van der Waals surface area contributed by atoms with Crippen molar-refractivity contribution in [2.75, 3.05) is 20.3 Å². The van der Waals surface area contributed by atoms with Crippen LogP contribution in [0, 0.1) is 5.92 Å². The van der Waals surface area contributed by atoms with Crippen LogP contribution in [-0.2, 0) is 21.5 Å². The standard InChI is InChI=1S/C26H26ClFN4O2S/c1-34-14-18-3-2-8-32(18)23(33)26-12-22(26)25(31-24(29)35-26)11-16-5-4-15(9-19(16)25)10-20(28)21-7-6-17(27)13-30-21/h4-7,9-10,13,18,22H,2-3,8,11-12,14H2,1H3,(H2,29,31)/b20-10-/t18-,22-,25+,26-/m0/s1. The van der Waals surface area contributed by atoms with E-state index in [-0.39, 0.29) is 23.6 Å². The number of thioether (sulfide) groups is 1. The van der Waals surface area contributed by atoms with E-state index in [4.69, 9.17) is 27.1 Å². The van der Waals surface area contributed by atoms with Gasteiger partial charge in [-0.05, 0) is 60.2 Å². The normalized spacial score (nSPS) is 31.0. The van der Waals surface area contributed by atoms with Crippen LogP contribution in [0.3, 0.4) is 0 Å². The molecule has 182 valence electrons. The van der Waals surface area contributed by atoms with Gasteiger partial charge in [-0.3, -0.25) is 14.8 Å². The highest BCUT2D eigenvalue weighted by molar-refractivity contribution is 8.15. The molecule has 1 aromatic heterocycles. The molecule has 2 aliphatic carbocycles. The molecule has 2 N–H and O–H groups in total. The summed E-state index contributed by atoms with van der Waals surface area (Å²) in [5.41, 5.74) is 8.99. The third kappa shape index (κ3) is 3.60. The van der Waals surface area contributed by atoms with Gasteiger partial charge in [0.1, 0.15) is 10.6 Å². The van der Waals surface area contributed by atoms with Crippen molar-refractivity contribution in [1.82, 2.24) is 9.88 Å². The van der Waals surface area contributed by atoms with E-state index in [2.05, 4.69) is 4.98 Å². The maximum atomic E-state index is 14.9. The third-order valence-electron chi connectivity index (χ3n) is 7.77. The second kappa shape index (κ2) is 8.32. The Balaban J connectivity index is 1.30. The molecule has 4 atom stereocenters. The van der Waals surface area contributed by atoms with E-state index in [0.717, 1.165) is 43.4 Å². The number of aliphatic imine (C=N–C) groups is 1. The molecule has 0 unspecified atom stereocenters. The van der Waals surface area contributed by atoms with Crippen LogP contribution < -0.4 is 5.73 Å². The van der Waals surface area contributed by atoms with Gasteiger partial charge >= 0.3 is 0 Å². The SMILES string of the molecule is COC[C@@H]1CCCN1C(=O)[C@]12C[C@H]1[C@]1(Cc3ccc(/C=C(\F)c4ccc(Cl)cn4)cc31)N=C(N)S2. The number of halogens is 2. The Morgan fingerprint density at radius 2 is 2.26 bits per heavy atom. The summed E-state index contributed by atoms with van der Waals surface area (Å²) in [5, 5.41) is 0.915. The number of amidine groups is 1. The Kier molecular flexibility index (Phi) is 5.47. The molecule has 1 aromatic carbocycles. The fourth-order valence-corrected chi connectivity index (χ4v) is 7.54. The van der Waals surface area contributed by atoms with Crippen LogP contribution in [0.15, 0.2) is 41.5 Å². The Morgan fingerprint density at radius 3 is 3.03 bits per heavy atom. The van der Waals surface area contributed by atoms with Gasteiger partial charge in [-0.1, -0.05) is 35.5 Å². The summed E-state index contributed by atoms with van der Waals surface area (Å²) in [7, 11) is 1.68. The van der Waals surface area contributed by atoms with E-state index in [1.807, 2.05) is 23.1 Å². The Labute approximate surface area is 212 Å². The lowest BCUT2D eigenvalue weighted by Crippen LogP contribution is -2.51. The van der Waals surface area contributed by atoms with E-state index >= 15 is 0 Å². The number of benzene rings is 1. The van der Waals surface area contributed by atoms with Crippen molar-refractivity contribution in [2.24, 2.45) is 16.6 Å².